The fourth-order valence-corrected chi connectivity index (χ4v) is 0.220. The molecule has 0 amide bonds. The van der Waals surface area contributed by atoms with Crippen LogP contribution in [0.4, 0.5) is 0 Å². The van der Waals surface area contributed by atoms with Crippen molar-refractivity contribution in [2.24, 2.45) is 0 Å². The molecule has 0 aliphatic heterocycles. The van der Waals surface area contributed by atoms with Crippen molar-refractivity contribution in [2.75, 3.05) is 6.58 Å². The van der Waals surface area contributed by atoms with Crippen LogP contribution in [0, 0.1) is 0 Å². The first-order chi connectivity index (χ1) is 4.31. The summed E-state index contributed by atoms with van der Waals surface area (Å²) in [5, 5.41) is 0. The maximum atomic E-state index is 9.36. The molecule has 0 heterocycles. The van der Waals surface area contributed by atoms with Gasteiger partial charge in [0.2, 0.25) is 0 Å². The molecule has 1 radical (unpaired) electrons. The molecule has 8 heavy (non-hydrogen) atoms. The molecule has 0 aromatic rings. The van der Waals surface area contributed by atoms with E-state index < -0.39 is 6.58 Å². The second-order valence-electron chi connectivity index (χ2n) is 1.22. The van der Waals surface area contributed by atoms with Gasteiger partial charge in [-0.3, -0.25) is 4.89 Å². The highest BCUT2D eigenvalue weighted by Crippen LogP contribution is 1.86. The van der Waals surface area contributed by atoms with Gasteiger partial charge in [-0.15, -0.1) is 0 Å². The molecular formula is C5H9O3. The summed E-state index contributed by atoms with van der Waals surface area (Å²) in [4.78, 5) is 17.3. The van der Waals surface area contributed by atoms with Gasteiger partial charge in [-0.1, -0.05) is 13.3 Å². The first-order valence-corrected chi connectivity index (χ1v) is 2.43. The average molecular weight is 119 g/mol. The van der Waals surface area contributed by atoms with E-state index in [4.69, 9.17) is 1.37 Å². The molecule has 0 saturated heterocycles. The topological polar surface area (TPSA) is 35.5 Å². The fourth-order valence-electron chi connectivity index (χ4n) is 0.220. The summed E-state index contributed by atoms with van der Waals surface area (Å²) in [5.41, 5.74) is 0. The number of hydrogen-bond donors (Lipinski definition) is 0. The van der Waals surface area contributed by atoms with Gasteiger partial charge in [0.05, 0.1) is 7.95 Å². The Morgan fingerprint density at radius 3 is 3.12 bits per heavy atom. The molecule has 0 aromatic carbocycles. The average Bonchev–Trinajstić information content (AvgIpc) is 1.85. The monoisotopic (exact) mass is 119 g/mol. The molecule has 47 valence electrons. The predicted molar refractivity (Wildman–Crippen MR) is 27.6 cm³/mol. The largest absolute Gasteiger partial charge is 0.453 e. The van der Waals surface area contributed by atoms with E-state index >= 15 is 0 Å². The minimum Gasteiger partial charge on any atom is -0.285 e. The van der Waals surface area contributed by atoms with Gasteiger partial charge in [-0.2, -0.15) is 4.89 Å². The summed E-state index contributed by atoms with van der Waals surface area (Å²) in [5.74, 6) is 0. The van der Waals surface area contributed by atoms with E-state index in [-0.39, 0.29) is 0 Å². The van der Waals surface area contributed by atoms with E-state index in [1.165, 1.54) is 0 Å². The van der Waals surface area contributed by atoms with Crippen LogP contribution >= 0.6 is 0 Å². The third kappa shape index (κ3) is 5.43. The summed E-state index contributed by atoms with van der Waals surface area (Å²) in [6, 6.07) is 0. The van der Waals surface area contributed by atoms with Crippen molar-refractivity contribution in [1.29, 1.82) is 0 Å². The standard InChI is InChI=1S/C5H9O3/c1-2-3-4-7-8-5-6/h2-4H2,1H3/i4T. The molecule has 0 N–H and O–H groups in total. The summed E-state index contributed by atoms with van der Waals surface area (Å²) >= 11 is 0. The van der Waals surface area contributed by atoms with Crippen molar-refractivity contribution in [3.8, 4) is 0 Å². The Morgan fingerprint density at radius 2 is 2.62 bits per heavy atom. The normalized spacial score (nSPS) is 14.4. The van der Waals surface area contributed by atoms with Gasteiger partial charge >= 0.3 is 6.47 Å². The van der Waals surface area contributed by atoms with Gasteiger partial charge in [0.25, 0.3) is 0 Å². The molecule has 1 unspecified atom stereocenters. The third-order valence-electron chi connectivity index (χ3n) is 0.557. The minimum atomic E-state index is -0.767. The lowest BCUT2D eigenvalue weighted by molar-refractivity contribution is -0.222. The molecule has 1 atom stereocenters. The molecule has 0 aliphatic rings. The molecule has 0 bridgehead atoms. The van der Waals surface area contributed by atoms with Gasteiger partial charge in [-0.05, 0) is 6.42 Å². The fraction of sp³-hybridized carbons (Fsp3) is 0.800. The molecule has 0 fully saturated rings. The molecular weight excluding hydrogens is 108 g/mol. The van der Waals surface area contributed by atoms with Gasteiger partial charge in [-0.25, -0.2) is 4.79 Å². The molecule has 3 heteroatoms. The van der Waals surface area contributed by atoms with E-state index in [0.717, 1.165) is 12.9 Å². The van der Waals surface area contributed by atoms with Gasteiger partial charge in [0, 0.05) is 0 Å². The summed E-state index contributed by atoms with van der Waals surface area (Å²) in [6.45, 7) is 2.21. The zero-order valence-corrected chi connectivity index (χ0v) is 4.72. The van der Waals surface area contributed by atoms with Gasteiger partial charge in [0.15, 0.2) is 0 Å². The second-order valence-corrected chi connectivity index (χ2v) is 1.22. The minimum absolute atomic E-state index is 0.557. The van der Waals surface area contributed by atoms with Crippen molar-refractivity contribution in [2.45, 2.75) is 19.8 Å². The predicted octanol–water partition coefficient (Wildman–Crippen LogP) is 0.802. The van der Waals surface area contributed by atoms with Gasteiger partial charge < -0.3 is 0 Å². The molecule has 0 spiro atoms. The highest BCUT2D eigenvalue weighted by Gasteiger charge is 1.83. The van der Waals surface area contributed by atoms with E-state index in [2.05, 4.69) is 9.78 Å². The van der Waals surface area contributed by atoms with E-state index in [1.807, 2.05) is 6.92 Å². The zero-order valence-electron chi connectivity index (χ0n) is 5.72. The van der Waals surface area contributed by atoms with Crippen molar-refractivity contribution in [3.63, 3.8) is 0 Å². The molecule has 0 rings (SSSR count). The number of hydrogen-bond acceptors (Lipinski definition) is 3. The first kappa shape index (κ1) is 5.56. The van der Waals surface area contributed by atoms with Crippen LogP contribution in [0.2, 0.25) is 0 Å². The molecule has 0 aliphatic carbocycles. The lowest BCUT2D eigenvalue weighted by Gasteiger charge is -1.92. The lowest BCUT2D eigenvalue weighted by atomic mass is 10.4. The van der Waals surface area contributed by atoms with Gasteiger partial charge in [0.1, 0.15) is 0 Å². The van der Waals surface area contributed by atoms with Crippen LogP contribution in [0.15, 0.2) is 0 Å². The SMILES string of the molecule is [3H]C(CCC)OO[C]=O. The summed E-state index contributed by atoms with van der Waals surface area (Å²) < 4.78 is 6.95. The maximum absolute atomic E-state index is 9.36. The Labute approximate surface area is 49.9 Å². The maximum Gasteiger partial charge on any atom is 0.453 e. The van der Waals surface area contributed by atoms with Crippen LogP contribution < -0.4 is 0 Å². The van der Waals surface area contributed by atoms with Crippen molar-refractivity contribution in [1.82, 2.24) is 0 Å². The van der Waals surface area contributed by atoms with Crippen molar-refractivity contribution in [3.05, 3.63) is 0 Å². The Morgan fingerprint density at radius 1 is 1.88 bits per heavy atom. The number of rotatable bonds is 5. The van der Waals surface area contributed by atoms with Crippen LogP contribution in [-0.4, -0.2) is 13.1 Å². The molecule has 0 aromatic heterocycles. The quantitative estimate of drug-likeness (QED) is 0.396. The third-order valence-corrected chi connectivity index (χ3v) is 0.557. The number of carbonyl (C=O) groups excluding carboxylic acids is 1. The van der Waals surface area contributed by atoms with Crippen LogP contribution in [0.3, 0.4) is 0 Å². The lowest BCUT2D eigenvalue weighted by Crippen LogP contribution is -1.93. The van der Waals surface area contributed by atoms with E-state index in [0.29, 0.717) is 6.42 Å². The van der Waals surface area contributed by atoms with Crippen LogP contribution in [-0.2, 0) is 14.6 Å². The molecule has 3 nitrogen and oxygen atoms in total. The Hall–Kier alpha value is -0.570. The summed E-state index contributed by atoms with van der Waals surface area (Å²) in [7, 11) is 0. The molecule has 0 saturated carbocycles. The van der Waals surface area contributed by atoms with Crippen LogP contribution in [0.5, 0.6) is 0 Å². The van der Waals surface area contributed by atoms with Crippen molar-refractivity contribution < 1.29 is 15.9 Å². The first-order valence-electron chi connectivity index (χ1n) is 3.00. The Balaban J connectivity index is 3.04. The highest BCUT2D eigenvalue weighted by molar-refractivity contribution is 5.36. The highest BCUT2D eigenvalue weighted by atomic mass is 17.2. The van der Waals surface area contributed by atoms with E-state index in [1.54, 1.807) is 0 Å². The van der Waals surface area contributed by atoms with Crippen LogP contribution in [0.1, 0.15) is 21.1 Å². The Kier molecular flexibility index (Phi) is 4.47. The summed E-state index contributed by atoms with van der Waals surface area (Å²) in [6.07, 6.45) is 1.39. The smallest absolute Gasteiger partial charge is 0.285 e. The van der Waals surface area contributed by atoms with Crippen LogP contribution in [0.25, 0.3) is 0 Å². The zero-order chi connectivity index (χ0) is 7.11. The van der Waals surface area contributed by atoms with E-state index in [9.17, 15) is 4.79 Å². The van der Waals surface area contributed by atoms with Crippen molar-refractivity contribution >= 4 is 6.47 Å². The Bertz CT molecular complexity index is 76.6. The second kappa shape index (κ2) is 6.43.